The van der Waals surface area contributed by atoms with Crippen LogP contribution < -0.4 is 10.6 Å². The van der Waals surface area contributed by atoms with Crippen LogP contribution in [-0.2, 0) is 23.0 Å². The van der Waals surface area contributed by atoms with E-state index in [1.165, 1.54) is 6.07 Å². The van der Waals surface area contributed by atoms with Crippen LogP contribution in [0.1, 0.15) is 65.0 Å². The number of halogens is 1. The molecule has 238 valence electrons. The standard InChI is InChI=1S/C35H31ClN6O5/c1-18-21(8-6-9-22(18)33-40-26-15-19(17-43)14-20(16-37)29(26)46-33)23-10-7-11-24(28(23)36)39-32(44)31-41-30-27(42(31)5)13-12-25(38-30)34(45)47-35(2,3)4/h6-11,14-15,17,25,38H,12-13H2,1-5H3,(H,39,44). The maximum Gasteiger partial charge on any atom is 0.329 e. The highest BCUT2D eigenvalue weighted by atomic mass is 35.5. The maximum absolute atomic E-state index is 13.5. The smallest absolute Gasteiger partial charge is 0.329 e. The number of oxazole rings is 1. The summed E-state index contributed by atoms with van der Waals surface area (Å²) in [5, 5.41) is 15.9. The number of ether oxygens (including phenoxy) is 1. The minimum absolute atomic E-state index is 0.164. The molecule has 11 nitrogen and oxygen atoms in total. The Kier molecular flexibility index (Phi) is 8.07. The van der Waals surface area contributed by atoms with Crippen LogP contribution in [0.25, 0.3) is 33.7 Å². The van der Waals surface area contributed by atoms with Crippen molar-refractivity contribution in [1.29, 1.82) is 5.26 Å². The van der Waals surface area contributed by atoms with E-state index in [0.717, 1.165) is 16.8 Å². The molecule has 0 saturated heterocycles. The third kappa shape index (κ3) is 5.95. The molecule has 2 N–H and O–H groups in total. The van der Waals surface area contributed by atoms with Crippen molar-refractivity contribution >= 4 is 52.4 Å². The second-order valence-electron chi connectivity index (χ2n) is 12.3. The second kappa shape index (κ2) is 12.0. The highest BCUT2D eigenvalue weighted by molar-refractivity contribution is 6.36. The van der Waals surface area contributed by atoms with Crippen molar-refractivity contribution in [3.05, 3.63) is 81.8 Å². The van der Waals surface area contributed by atoms with Crippen molar-refractivity contribution in [1.82, 2.24) is 14.5 Å². The lowest BCUT2D eigenvalue weighted by Gasteiger charge is -2.27. The van der Waals surface area contributed by atoms with Crippen molar-refractivity contribution in [2.24, 2.45) is 7.05 Å². The summed E-state index contributed by atoms with van der Waals surface area (Å²) in [5.41, 5.74) is 4.77. The Bertz CT molecular complexity index is 2130. The molecule has 1 aliphatic heterocycles. The number of fused-ring (bicyclic) bond motifs is 2. The molecule has 3 aromatic carbocycles. The van der Waals surface area contributed by atoms with Crippen LogP contribution in [0.15, 0.2) is 52.9 Å². The third-order valence-corrected chi connectivity index (χ3v) is 8.37. The lowest BCUT2D eigenvalue weighted by Crippen LogP contribution is -2.39. The fourth-order valence-corrected chi connectivity index (χ4v) is 5.97. The van der Waals surface area contributed by atoms with Crippen LogP contribution in [0.3, 0.4) is 0 Å². The monoisotopic (exact) mass is 650 g/mol. The van der Waals surface area contributed by atoms with Gasteiger partial charge < -0.3 is 24.4 Å². The number of benzene rings is 3. The molecule has 0 saturated carbocycles. The first kappa shape index (κ1) is 31.5. The number of hydrogen-bond acceptors (Lipinski definition) is 9. The number of hydrogen-bond donors (Lipinski definition) is 2. The highest BCUT2D eigenvalue weighted by Gasteiger charge is 2.32. The Morgan fingerprint density at radius 1 is 1.15 bits per heavy atom. The molecule has 1 atom stereocenters. The van der Waals surface area contributed by atoms with Gasteiger partial charge in [0.15, 0.2) is 5.58 Å². The fraction of sp³-hybridized carbons (Fsp3) is 0.257. The Balaban J connectivity index is 1.27. The highest BCUT2D eigenvalue weighted by Crippen LogP contribution is 2.39. The number of aldehydes is 1. The first-order chi connectivity index (χ1) is 22.4. The molecule has 0 fully saturated rings. The summed E-state index contributed by atoms with van der Waals surface area (Å²) in [6.07, 6.45) is 1.72. The molecular formula is C35H31ClN6O5. The number of nitrogens with zero attached hydrogens (tertiary/aromatic N) is 4. The van der Waals surface area contributed by atoms with Gasteiger partial charge in [-0.05, 0) is 75.9 Å². The average molecular weight is 651 g/mol. The Morgan fingerprint density at radius 3 is 2.60 bits per heavy atom. The van der Waals surface area contributed by atoms with Gasteiger partial charge in [0.05, 0.1) is 22.0 Å². The summed E-state index contributed by atoms with van der Waals surface area (Å²) < 4.78 is 13.2. The van der Waals surface area contributed by atoms with Gasteiger partial charge in [0.2, 0.25) is 11.7 Å². The van der Waals surface area contributed by atoms with Crippen molar-refractivity contribution in [2.75, 3.05) is 10.6 Å². The molecule has 0 bridgehead atoms. The number of rotatable bonds is 6. The van der Waals surface area contributed by atoms with E-state index in [9.17, 15) is 19.6 Å². The molecule has 47 heavy (non-hydrogen) atoms. The van der Waals surface area contributed by atoms with Crippen molar-refractivity contribution in [3.8, 4) is 28.7 Å². The van der Waals surface area contributed by atoms with E-state index in [0.29, 0.717) is 69.3 Å². The molecule has 0 aliphatic carbocycles. The minimum atomic E-state index is -0.615. The number of carbonyl (C=O) groups is 3. The molecule has 1 amide bonds. The zero-order valence-corrected chi connectivity index (χ0v) is 27.2. The van der Waals surface area contributed by atoms with E-state index >= 15 is 0 Å². The van der Waals surface area contributed by atoms with Crippen LogP contribution in [0.2, 0.25) is 5.02 Å². The molecule has 0 radical (unpaired) electrons. The summed E-state index contributed by atoms with van der Waals surface area (Å²) in [5.74, 6) is 0.100. The van der Waals surface area contributed by atoms with E-state index in [-0.39, 0.29) is 17.4 Å². The largest absolute Gasteiger partial charge is 0.458 e. The molecule has 1 unspecified atom stereocenters. The summed E-state index contributed by atoms with van der Waals surface area (Å²) in [6, 6.07) is 15.5. The van der Waals surface area contributed by atoms with E-state index in [1.807, 2.05) is 52.0 Å². The Morgan fingerprint density at radius 2 is 1.87 bits per heavy atom. The normalized spacial score (nSPS) is 14.2. The van der Waals surface area contributed by atoms with E-state index in [2.05, 4.69) is 26.7 Å². The molecule has 5 aromatic rings. The van der Waals surface area contributed by atoms with Crippen molar-refractivity contribution in [3.63, 3.8) is 0 Å². The first-order valence-electron chi connectivity index (χ1n) is 14.9. The maximum atomic E-state index is 13.5. The number of carbonyl (C=O) groups excluding carboxylic acids is 3. The van der Waals surface area contributed by atoms with Crippen LogP contribution in [0.5, 0.6) is 0 Å². The van der Waals surface area contributed by atoms with Gasteiger partial charge in [0.1, 0.15) is 35.3 Å². The molecule has 12 heteroatoms. The molecule has 0 spiro atoms. The second-order valence-corrected chi connectivity index (χ2v) is 12.7. The van der Waals surface area contributed by atoms with Crippen LogP contribution in [0.4, 0.5) is 11.5 Å². The minimum Gasteiger partial charge on any atom is -0.458 e. The predicted octanol–water partition coefficient (Wildman–Crippen LogP) is 6.86. The lowest BCUT2D eigenvalue weighted by molar-refractivity contribution is -0.156. The topological polar surface area (TPSA) is 152 Å². The van der Waals surface area contributed by atoms with Gasteiger partial charge in [-0.15, -0.1) is 0 Å². The summed E-state index contributed by atoms with van der Waals surface area (Å²) in [7, 11) is 1.76. The van der Waals surface area contributed by atoms with E-state index < -0.39 is 17.6 Å². The van der Waals surface area contributed by atoms with Gasteiger partial charge in [0, 0.05) is 23.7 Å². The van der Waals surface area contributed by atoms with Crippen LogP contribution in [0, 0.1) is 18.3 Å². The third-order valence-electron chi connectivity index (χ3n) is 7.96. The van der Waals surface area contributed by atoms with Gasteiger partial charge in [-0.25, -0.2) is 14.8 Å². The molecular weight excluding hydrogens is 620 g/mol. The molecule has 1 aliphatic rings. The summed E-state index contributed by atoms with van der Waals surface area (Å²) >= 11 is 6.92. The number of nitriles is 1. The molecule has 2 aromatic heterocycles. The van der Waals surface area contributed by atoms with Gasteiger partial charge in [0.25, 0.3) is 5.91 Å². The number of esters is 1. The summed E-state index contributed by atoms with van der Waals surface area (Å²) in [4.78, 5) is 46.6. The summed E-state index contributed by atoms with van der Waals surface area (Å²) in [6.45, 7) is 7.35. The average Bonchev–Trinajstić information content (AvgIpc) is 3.61. The first-order valence-corrected chi connectivity index (χ1v) is 15.3. The number of amides is 1. The van der Waals surface area contributed by atoms with Gasteiger partial charge in [-0.3, -0.25) is 9.59 Å². The fourth-order valence-electron chi connectivity index (χ4n) is 5.70. The van der Waals surface area contributed by atoms with Gasteiger partial charge in [-0.2, -0.15) is 5.26 Å². The predicted molar refractivity (Wildman–Crippen MR) is 177 cm³/mol. The van der Waals surface area contributed by atoms with Crippen molar-refractivity contribution < 1.29 is 23.5 Å². The van der Waals surface area contributed by atoms with Crippen molar-refractivity contribution in [2.45, 2.75) is 52.2 Å². The molecule has 6 rings (SSSR count). The van der Waals surface area contributed by atoms with Gasteiger partial charge >= 0.3 is 5.97 Å². The zero-order chi connectivity index (χ0) is 33.6. The number of aromatic nitrogens is 3. The quantitative estimate of drug-likeness (QED) is 0.148. The van der Waals surface area contributed by atoms with Crippen LogP contribution in [-0.4, -0.2) is 44.3 Å². The molecule has 3 heterocycles. The SMILES string of the molecule is Cc1c(-c2nc3cc(C=O)cc(C#N)c3o2)cccc1-c1cccc(NC(=O)c2nc3c(n2C)CCC(C(=O)OC(C)(C)C)N3)c1Cl. The zero-order valence-electron chi connectivity index (χ0n) is 26.4. The number of imidazole rings is 1. The number of anilines is 2. The van der Waals surface area contributed by atoms with E-state index in [1.54, 1.807) is 29.8 Å². The van der Waals surface area contributed by atoms with E-state index in [4.69, 9.17) is 20.8 Å². The Hall–Kier alpha value is -5.47. The Labute approximate surface area is 275 Å². The van der Waals surface area contributed by atoms with Gasteiger partial charge in [-0.1, -0.05) is 35.9 Å². The lowest BCUT2D eigenvalue weighted by atomic mass is 9.96. The number of nitrogens with one attached hydrogen (secondary N) is 2. The van der Waals surface area contributed by atoms with Crippen LogP contribution >= 0.6 is 11.6 Å².